The molecule has 0 aliphatic heterocycles. The fourth-order valence-corrected chi connectivity index (χ4v) is 3.36. The van der Waals surface area contributed by atoms with Gasteiger partial charge >= 0.3 is 0 Å². The highest BCUT2D eigenvalue weighted by Crippen LogP contribution is 2.25. The summed E-state index contributed by atoms with van der Waals surface area (Å²) in [5.74, 6) is 0.377. The highest BCUT2D eigenvalue weighted by Gasteiger charge is 2.26. The SMILES string of the molecule is CCn1c(SCC(N)=O)nnc1[C@H](NC(=O)c1cccc(C)c1)C(C)C. The number of thioether (sulfide) groups is 1. The molecule has 0 aliphatic rings. The van der Waals surface area contributed by atoms with Crippen molar-refractivity contribution < 1.29 is 9.59 Å². The second kappa shape index (κ2) is 8.84. The van der Waals surface area contributed by atoms with Gasteiger partial charge in [-0.05, 0) is 31.9 Å². The van der Waals surface area contributed by atoms with Gasteiger partial charge in [-0.15, -0.1) is 10.2 Å². The monoisotopic (exact) mass is 375 g/mol. The Labute approximate surface area is 157 Å². The van der Waals surface area contributed by atoms with Crippen LogP contribution in [-0.2, 0) is 11.3 Å². The normalized spacial score (nSPS) is 12.2. The molecule has 1 heterocycles. The van der Waals surface area contributed by atoms with Crippen molar-refractivity contribution in [2.75, 3.05) is 5.75 Å². The fourth-order valence-electron chi connectivity index (χ4n) is 2.61. The number of aryl methyl sites for hydroxylation is 1. The number of nitrogens with two attached hydrogens (primary N) is 1. The summed E-state index contributed by atoms with van der Waals surface area (Å²) in [4.78, 5) is 23.7. The predicted molar refractivity (Wildman–Crippen MR) is 102 cm³/mol. The van der Waals surface area contributed by atoms with Crippen LogP contribution in [0.15, 0.2) is 29.4 Å². The van der Waals surface area contributed by atoms with E-state index in [0.717, 1.165) is 5.56 Å². The molecule has 140 valence electrons. The van der Waals surface area contributed by atoms with E-state index in [2.05, 4.69) is 15.5 Å². The number of primary amides is 1. The molecule has 0 aliphatic carbocycles. The third-order valence-electron chi connectivity index (χ3n) is 3.92. The molecular formula is C18H25N5O2S. The molecule has 0 spiro atoms. The first kappa shape index (κ1) is 20.0. The van der Waals surface area contributed by atoms with E-state index in [0.29, 0.717) is 23.1 Å². The molecule has 1 aromatic carbocycles. The summed E-state index contributed by atoms with van der Waals surface area (Å²) in [7, 11) is 0. The van der Waals surface area contributed by atoms with E-state index in [4.69, 9.17) is 5.73 Å². The van der Waals surface area contributed by atoms with Crippen LogP contribution < -0.4 is 11.1 Å². The number of benzene rings is 1. The molecule has 1 atom stereocenters. The van der Waals surface area contributed by atoms with E-state index < -0.39 is 5.91 Å². The van der Waals surface area contributed by atoms with Crippen LogP contribution in [0.25, 0.3) is 0 Å². The number of rotatable bonds is 8. The summed E-state index contributed by atoms with van der Waals surface area (Å²) < 4.78 is 1.91. The first-order valence-corrected chi connectivity index (χ1v) is 9.53. The lowest BCUT2D eigenvalue weighted by Gasteiger charge is -2.22. The zero-order chi connectivity index (χ0) is 19.3. The van der Waals surface area contributed by atoms with Crippen molar-refractivity contribution in [1.29, 1.82) is 0 Å². The van der Waals surface area contributed by atoms with Gasteiger partial charge in [-0.3, -0.25) is 9.59 Å². The Morgan fingerprint density at radius 1 is 1.31 bits per heavy atom. The van der Waals surface area contributed by atoms with Crippen molar-refractivity contribution in [3.63, 3.8) is 0 Å². The molecule has 7 nitrogen and oxygen atoms in total. The van der Waals surface area contributed by atoms with Crippen LogP contribution in [0, 0.1) is 12.8 Å². The molecule has 3 N–H and O–H groups in total. The molecular weight excluding hydrogens is 350 g/mol. The molecule has 0 bridgehead atoms. The first-order chi connectivity index (χ1) is 12.3. The fraction of sp³-hybridized carbons (Fsp3) is 0.444. The Bertz CT molecular complexity index is 788. The second-order valence-electron chi connectivity index (χ2n) is 6.40. The summed E-state index contributed by atoms with van der Waals surface area (Å²) in [6.07, 6.45) is 0. The molecule has 2 amide bonds. The Morgan fingerprint density at radius 2 is 2.04 bits per heavy atom. The molecule has 26 heavy (non-hydrogen) atoms. The number of aromatic nitrogens is 3. The summed E-state index contributed by atoms with van der Waals surface area (Å²) in [5.41, 5.74) is 6.86. The number of hydrogen-bond donors (Lipinski definition) is 2. The van der Waals surface area contributed by atoms with E-state index >= 15 is 0 Å². The smallest absolute Gasteiger partial charge is 0.251 e. The predicted octanol–water partition coefficient (Wildman–Crippen LogP) is 2.31. The Kier molecular flexibility index (Phi) is 6.79. The number of nitrogens with one attached hydrogen (secondary N) is 1. The highest BCUT2D eigenvalue weighted by molar-refractivity contribution is 7.99. The number of carbonyl (C=O) groups is 2. The second-order valence-corrected chi connectivity index (χ2v) is 7.35. The average molecular weight is 375 g/mol. The van der Waals surface area contributed by atoms with Gasteiger partial charge < -0.3 is 15.6 Å². The van der Waals surface area contributed by atoms with Gasteiger partial charge in [0.1, 0.15) is 0 Å². The van der Waals surface area contributed by atoms with Crippen LogP contribution in [0.5, 0.6) is 0 Å². The number of nitrogens with zero attached hydrogens (tertiary/aromatic N) is 3. The van der Waals surface area contributed by atoms with Crippen molar-refractivity contribution in [2.24, 2.45) is 11.7 Å². The van der Waals surface area contributed by atoms with Crippen LogP contribution in [0.1, 0.15) is 48.6 Å². The zero-order valence-electron chi connectivity index (χ0n) is 15.5. The van der Waals surface area contributed by atoms with Crippen molar-refractivity contribution in [2.45, 2.75) is 45.4 Å². The van der Waals surface area contributed by atoms with E-state index in [-0.39, 0.29) is 23.6 Å². The maximum Gasteiger partial charge on any atom is 0.251 e. The van der Waals surface area contributed by atoms with Gasteiger partial charge in [0.2, 0.25) is 5.91 Å². The van der Waals surface area contributed by atoms with E-state index in [1.165, 1.54) is 11.8 Å². The maximum absolute atomic E-state index is 12.7. The topological polar surface area (TPSA) is 103 Å². The summed E-state index contributed by atoms with van der Waals surface area (Å²) >= 11 is 1.25. The lowest BCUT2D eigenvalue weighted by atomic mass is 10.0. The lowest BCUT2D eigenvalue weighted by Crippen LogP contribution is -2.33. The van der Waals surface area contributed by atoms with Crippen LogP contribution in [0.2, 0.25) is 0 Å². The van der Waals surface area contributed by atoms with Crippen LogP contribution in [0.3, 0.4) is 0 Å². The first-order valence-electron chi connectivity index (χ1n) is 8.55. The van der Waals surface area contributed by atoms with Crippen molar-refractivity contribution >= 4 is 23.6 Å². The highest BCUT2D eigenvalue weighted by atomic mass is 32.2. The largest absolute Gasteiger partial charge is 0.369 e. The minimum Gasteiger partial charge on any atom is -0.369 e. The van der Waals surface area contributed by atoms with Gasteiger partial charge in [0.05, 0.1) is 11.8 Å². The minimum absolute atomic E-state index is 0.118. The number of amides is 2. The standard InChI is InChI=1S/C18H25N5O2S/c1-5-23-16(21-22-18(23)26-10-14(19)24)15(11(2)3)20-17(25)13-8-6-7-12(4)9-13/h6-9,11,15H,5,10H2,1-4H3,(H2,19,24)(H,20,25)/t15-/m1/s1. The molecule has 0 fully saturated rings. The third kappa shape index (κ3) is 4.85. The van der Waals surface area contributed by atoms with Crippen LogP contribution in [0.4, 0.5) is 0 Å². The summed E-state index contributed by atoms with van der Waals surface area (Å²) in [5, 5.41) is 12.1. The molecule has 2 aromatic rings. The quantitative estimate of drug-likeness (QED) is 0.689. The summed E-state index contributed by atoms with van der Waals surface area (Å²) in [6, 6.07) is 7.16. The molecule has 0 unspecified atom stereocenters. The molecule has 2 rings (SSSR count). The minimum atomic E-state index is -0.407. The molecule has 0 saturated carbocycles. The van der Waals surface area contributed by atoms with Gasteiger partial charge in [-0.2, -0.15) is 0 Å². The Morgan fingerprint density at radius 3 is 2.62 bits per heavy atom. The van der Waals surface area contributed by atoms with Gasteiger partial charge in [-0.1, -0.05) is 43.3 Å². The van der Waals surface area contributed by atoms with E-state index in [1.54, 1.807) is 6.07 Å². The van der Waals surface area contributed by atoms with Gasteiger partial charge in [0.15, 0.2) is 11.0 Å². The van der Waals surface area contributed by atoms with Crippen molar-refractivity contribution in [3.8, 4) is 0 Å². The van der Waals surface area contributed by atoms with Gasteiger partial charge in [0.25, 0.3) is 5.91 Å². The average Bonchev–Trinajstić information content (AvgIpc) is 2.99. The molecule has 1 aromatic heterocycles. The lowest BCUT2D eigenvalue weighted by molar-refractivity contribution is -0.115. The maximum atomic E-state index is 12.7. The van der Waals surface area contributed by atoms with Crippen molar-refractivity contribution in [1.82, 2.24) is 20.1 Å². The molecule has 8 heteroatoms. The Hall–Kier alpha value is -2.35. The van der Waals surface area contributed by atoms with Crippen LogP contribution in [-0.4, -0.2) is 32.3 Å². The van der Waals surface area contributed by atoms with Gasteiger partial charge in [-0.25, -0.2) is 0 Å². The summed E-state index contributed by atoms with van der Waals surface area (Å²) in [6.45, 7) is 8.60. The van der Waals surface area contributed by atoms with E-state index in [9.17, 15) is 9.59 Å². The van der Waals surface area contributed by atoms with Crippen LogP contribution >= 0.6 is 11.8 Å². The number of hydrogen-bond acceptors (Lipinski definition) is 5. The zero-order valence-corrected chi connectivity index (χ0v) is 16.3. The van der Waals surface area contributed by atoms with Gasteiger partial charge in [0, 0.05) is 12.1 Å². The number of carbonyl (C=O) groups excluding carboxylic acids is 2. The van der Waals surface area contributed by atoms with E-state index in [1.807, 2.05) is 50.5 Å². The third-order valence-corrected chi connectivity index (χ3v) is 4.91. The molecule has 0 saturated heterocycles. The molecule has 0 radical (unpaired) electrons. The van der Waals surface area contributed by atoms with Crippen molar-refractivity contribution in [3.05, 3.63) is 41.2 Å². The Balaban J connectivity index is 2.26.